The highest BCUT2D eigenvalue weighted by molar-refractivity contribution is 7.92. The van der Waals surface area contributed by atoms with Gasteiger partial charge in [0, 0.05) is 5.69 Å². The van der Waals surface area contributed by atoms with E-state index in [2.05, 4.69) is 14.8 Å². The topological polar surface area (TPSA) is 131 Å². The van der Waals surface area contributed by atoms with Gasteiger partial charge in [-0.15, -0.1) is 0 Å². The fourth-order valence-electron chi connectivity index (χ4n) is 3.24. The van der Waals surface area contributed by atoms with Crippen LogP contribution in [0.1, 0.15) is 29.2 Å². The van der Waals surface area contributed by atoms with Gasteiger partial charge in [0.15, 0.2) is 0 Å². The Bertz CT molecular complexity index is 1230. The molecular weight excluding hydrogens is 454 g/mol. The minimum absolute atomic E-state index is 0.141. The van der Waals surface area contributed by atoms with Crippen molar-refractivity contribution in [3.05, 3.63) is 46.5 Å². The molecule has 0 fully saturated rings. The van der Waals surface area contributed by atoms with E-state index in [-0.39, 0.29) is 22.0 Å². The summed E-state index contributed by atoms with van der Waals surface area (Å²) in [6.45, 7) is 8.56. The summed E-state index contributed by atoms with van der Waals surface area (Å²) < 4.78 is 59.1. The lowest BCUT2D eigenvalue weighted by Crippen LogP contribution is -2.42. The molecule has 2 rings (SSSR count). The van der Waals surface area contributed by atoms with E-state index in [1.807, 2.05) is 19.9 Å². The molecule has 9 nitrogen and oxygen atoms in total. The molecule has 3 N–H and O–H groups in total. The van der Waals surface area contributed by atoms with Crippen molar-refractivity contribution in [2.75, 3.05) is 23.4 Å². The first-order valence-electron chi connectivity index (χ1n) is 9.72. The first-order valence-corrected chi connectivity index (χ1v) is 13.1. The van der Waals surface area contributed by atoms with Crippen LogP contribution in [0.25, 0.3) is 0 Å². The summed E-state index contributed by atoms with van der Waals surface area (Å²) in [5, 5.41) is 2.59. The molecule has 0 aliphatic heterocycles. The molecule has 11 heteroatoms. The number of carbonyl (C=O) groups excluding carboxylic acids is 1. The molecule has 1 unspecified atom stereocenters. The highest BCUT2D eigenvalue weighted by Crippen LogP contribution is 2.29. The van der Waals surface area contributed by atoms with Crippen LogP contribution in [-0.4, -0.2) is 42.2 Å². The van der Waals surface area contributed by atoms with Crippen LogP contribution in [0.3, 0.4) is 0 Å². The van der Waals surface area contributed by atoms with Gasteiger partial charge in [0.05, 0.1) is 30.0 Å². The van der Waals surface area contributed by atoms with Crippen LogP contribution in [0.5, 0.6) is 5.75 Å². The van der Waals surface area contributed by atoms with Crippen molar-refractivity contribution in [2.45, 2.75) is 45.6 Å². The summed E-state index contributed by atoms with van der Waals surface area (Å²) >= 11 is 0. The van der Waals surface area contributed by atoms with Gasteiger partial charge in [0.2, 0.25) is 26.0 Å². The first-order chi connectivity index (χ1) is 14.7. The summed E-state index contributed by atoms with van der Waals surface area (Å²) in [4.78, 5) is 12.8. The lowest BCUT2D eigenvalue weighted by molar-refractivity contribution is -0.117. The fraction of sp³-hybridized carbons (Fsp3) is 0.381. The van der Waals surface area contributed by atoms with E-state index in [1.54, 1.807) is 13.8 Å². The molecule has 1 amide bonds. The number of rotatable bonds is 8. The summed E-state index contributed by atoms with van der Waals surface area (Å²) in [7, 11) is -6.16. The van der Waals surface area contributed by atoms with Crippen molar-refractivity contribution in [2.24, 2.45) is 0 Å². The van der Waals surface area contributed by atoms with E-state index < -0.39 is 32.0 Å². The standard InChI is InChI=1S/C21H29N3O6S2/c1-12-10-13(2)15(4)20(14(12)3)32(28,29)23-16(5)21(25)22-17-8-9-19(30-6)18(11-17)24-31(7,26)27/h8-11,16,23-24H,1-7H3,(H,22,25). The van der Waals surface area contributed by atoms with E-state index in [9.17, 15) is 21.6 Å². The Hall–Kier alpha value is -2.63. The minimum Gasteiger partial charge on any atom is -0.495 e. The maximum absolute atomic E-state index is 13.1. The van der Waals surface area contributed by atoms with Gasteiger partial charge in [-0.2, -0.15) is 4.72 Å². The van der Waals surface area contributed by atoms with Gasteiger partial charge in [-0.25, -0.2) is 16.8 Å². The zero-order chi connectivity index (χ0) is 24.4. The molecule has 2 aromatic rings. The Kier molecular flexibility index (Phi) is 7.59. The van der Waals surface area contributed by atoms with Crippen molar-refractivity contribution in [1.82, 2.24) is 4.72 Å². The number of hydrogen-bond acceptors (Lipinski definition) is 6. The van der Waals surface area contributed by atoms with Crippen LogP contribution in [0.4, 0.5) is 11.4 Å². The van der Waals surface area contributed by atoms with Crippen molar-refractivity contribution >= 4 is 37.3 Å². The molecule has 0 saturated carbocycles. The van der Waals surface area contributed by atoms with E-state index in [0.717, 1.165) is 17.4 Å². The highest BCUT2D eigenvalue weighted by atomic mass is 32.2. The number of benzene rings is 2. The maximum atomic E-state index is 13.1. The Labute approximate surface area is 189 Å². The molecule has 0 bridgehead atoms. The largest absolute Gasteiger partial charge is 0.495 e. The summed E-state index contributed by atoms with van der Waals surface area (Å²) in [6.07, 6.45) is 0.992. The van der Waals surface area contributed by atoms with Gasteiger partial charge < -0.3 is 10.1 Å². The molecule has 0 radical (unpaired) electrons. The second-order valence-electron chi connectivity index (χ2n) is 7.71. The van der Waals surface area contributed by atoms with Crippen LogP contribution in [0.2, 0.25) is 0 Å². The number of carbonyl (C=O) groups is 1. The third-order valence-corrected chi connectivity index (χ3v) is 7.46. The lowest BCUT2D eigenvalue weighted by Gasteiger charge is -2.19. The monoisotopic (exact) mass is 483 g/mol. The molecule has 0 saturated heterocycles. The highest BCUT2D eigenvalue weighted by Gasteiger charge is 2.26. The van der Waals surface area contributed by atoms with Crippen molar-refractivity contribution in [1.29, 1.82) is 0 Å². The van der Waals surface area contributed by atoms with Gasteiger partial charge in [0.25, 0.3) is 0 Å². The number of hydrogen-bond donors (Lipinski definition) is 3. The minimum atomic E-state index is -3.97. The third-order valence-electron chi connectivity index (χ3n) is 5.05. The van der Waals surface area contributed by atoms with E-state index in [1.165, 1.54) is 32.2 Å². The maximum Gasteiger partial charge on any atom is 0.242 e. The summed E-state index contributed by atoms with van der Waals surface area (Å²) in [5.74, 6) is -0.341. The second kappa shape index (κ2) is 9.47. The molecule has 176 valence electrons. The molecule has 0 aliphatic rings. The Morgan fingerprint density at radius 2 is 1.53 bits per heavy atom. The van der Waals surface area contributed by atoms with Gasteiger partial charge >= 0.3 is 0 Å². The van der Waals surface area contributed by atoms with E-state index in [4.69, 9.17) is 4.74 Å². The fourth-order valence-corrected chi connectivity index (χ4v) is 5.62. The van der Waals surface area contributed by atoms with Crippen molar-refractivity contribution in [3.63, 3.8) is 0 Å². The third kappa shape index (κ3) is 5.99. The molecule has 0 spiro atoms. The van der Waals surface area contributed by atoms with Crippen LogP contribution < -0.4 is 19.5 Å². The first kappa shape index (κ1) is 25.6. The average Bonchev–Trinajstić information content (AvgIpc) is 2.65. The predicted molar refractivity (Wildman–Crippen MR) is 125 cm³/mol. The van der Waals surface area contributed by atoms with Gasteiger partial charge in [-0.05, 0) is 75.1 Å². The number of methoxy groups -OCH3 is 1. The van der Waals surface area contributed by atoms with E-state index >= 15 is 0 Å². The zero-order valence-electron chi connectivity index (χ0n) is 19.2. The average molecular weight is 484 g/mol. The molecule has 1 atom stereocenters. The quantitative estimate of drug-likeness (QED) is 0.529. The number of anilines is 2. The number of sulfonamides is 2. The number of amides is 1. The zero-order valence-corrected chi connectivity index (χ0v) is 20.8. The van der Waals surface area contributed by atoms with Crippen LogP contribution >= 0.6 is 0 Å². The second-order valence-corrected chi connectivity index (χ2v) is 11.1. The predicted octanol–water partition coefficient (Wildman–Crippen LogP) is 2.61. The molecule has 0 aliphatic carbocycles. The Morgan fingerprint density at radius 3 is 2.03 bits per heavy atom. The van der Waals surface area contributed by atoms with Crippen LogP contribution in [0.15, 0.2) is 29.2 Å². The summed E-state index contributed by atoms with van der Waals surface area (Å²) in [5.41, 5.74) is 3.35. The van der Waals surface area contributed by atoms with Gasteiger partial charge in [0.1, 0.15) is 5.75 Å². The number of nitrogens with one attached hydrogen (secondary N) is 3. The normalized spacial score (nSPS) is 12.8. The van der Waals surface area contributed by atoms with Gasteiger partial charge in [-0.1, -0.05) is 6.07 Å². The lowest BCUT2D eigenvalue weighted by atomic mass is 10.0. The van der Waals surface area contributed by atoms with Crippen LogP contribution in [-0.2, 0) is 24.8 Å². The Balaban J connectivity index is 2.27. The smallest absolute Gasteiger partial charge is 0.242 e. The molecular formula is C21H29N3O6S2. The molecule has 32 heavy (non-hydrogen) atoms. The van der Waals surface area contributed by atoms with Crippen molar-refractivity contribution in [3.8, 4) is 5.75 Å². The SMILES string of the molecule is COc1ccc(NC(=O)C(C)NS(=O)(=O)c2c(C)c(C)cc(C)c2C)cc1NS(C)(=O)=O. The van der Waals surface area contributed by atoms with Gasteiger partial charge in [-0.3, -0.25) is 9.52 Å². The number of aryl methyl sites for hydroxylation is 2. The number of ether oxygens (including phenoxy) is 1. The van der Waals surface area contributed by atoms with Crippen LogP contribution in [0, 0.1) is 27.7 Å². The molecule has 0 heterocycles. The van der Waals surface area contributed by atoms with E-state index in [0.29, 0.717) is 11.1 Å². The van der Waals surface area contributed by atoms with Crippen molar-refractivity contribution < 1.29 is 26.4 Å². The molecule has 0 aromatic heterocycles. The molecule has 2 aromatic carbocycles. The summed E-state index contributed by atoms with van der Waals surface area (Å²) in [6, 6.07) is 5.22. The Morgan fingerprint density at radius 1 is 0.969 bits per heavy atom.